The molecule has 2 fully saturated rings. The van der Waals surface area contributed by atoms with Gasteiger partial charge < -0.3 is 45.0 Å². The zero-order valence-electron chi connectivity index (χ0n) is 35.3. The van der Waals surface area contributed by atoms with E-state index in [0.29, 0.717) is 49.8 Å². The molecule has 3 aliphatic rings. The van der Waals surface area contributed by atoms with Crippen LogP contribution >= 0.6 is 0 Å². The lowest BCUT2D eigenvalue weighted by Crippen LogP contribution is -2.50. The van der Waals surface area contributed by atoms with E-state index < -0.39 is 24.3 Å². The Morgan fingerprint density at radius 2 is 1.58 bits per heavy atom. The topological polar surface area (TPSA) is 195 Å². The largest absolute Gasteiger partial charge is 0.488 e. The first kappa shape index (κ1) is 40.5. The number of nitrogens with one attached hydrogen (secondary N) is 4. The van der Waals surface area contributed by atoms with Gasteiger partial charge in [0.25, 0.3) is 5.91 Å². The zero-order valence-corrected chi connectivity index (χ0v) is 35.3. The van der Waals surface area contributed by atoms with Crippen molar-refractivity contribution in [2.75, 3.05) is 20.2 Å². The van der Waals surface area contributed by atoms with Gasteiger partial charge in [0.15, 0.2) is 0 Å². The van der Waals surface area contributed by atoms with Crippen molar-refractivity contribution in [2.24, 2.45) is 17.8 Å². The molecule has 0 bridgehead atoms. The number of aromatic amines is 2. The van der Waals surface area contributed by atoms with Gasteiger partial charge in [-0.3, -0.25) is 9.59 Å². The third kappa shape index (κ3) is 7.45. The summed E-state index contributed by atoms with van der Waals surface area (Å²) in [5.41, 5.74) is 7.11. The smallest absolute Gasteiger partial charge is 0.407 e. The molecule has 2 aromatic heterocycles. The first-order valence-electron chi connectivity index (χ1n) is 21.1. The first-order valence-corrected chi connectivity index (χ1v) is 21.1. The van der Waals surface area contributed by atoms with Gasteiger partial charge in [0.05, 0.1) is 42.1 Å². The maximum Gasteiger partial charge on any atom is 0.407 e. The van der Waals surface area contributed by atoms with Gasteiger partial charge in [-0.1, -0.05) is 76.2 Å². The number of rotatable bonds is 9. The standard InChI is InChI=1S/C47H50N8O7/c1-24(2)39(52-46(58)59)44(56)54-21-25(3)15-36(54)42-48-20-35(50-42)29-11-13-31-30(17-29)23-62-38-19-32-28(18-33(31)38)12-14-34-41(32)51-43(49-34)37-16-26(4)22-55(37)45(57)40(53-47(60)61-5)27-9-7-6-8-10-27/h6-14,17-20,24-26,36-37,39-40,52H,15-16,21-23H2,1-5H3,(H,48,50)(H,49,51)(H,53,60)(H,58,59)/t25-,26-,36-,37-,39-,40+/m0/s1. The van der Waals surface area contributed by atoms with E-state index in [1.165, 1.54) is 7.11 Å². The molecule has 5 heterocycles. The monoisotopic (exact) mass is 838 g/mol. The number of likely N-dealkylation sites (tertiary alicyclic amines) is 2. The first-order chi connectivity index (χ1) is 29.9. The van der Waals surface area contributed by atoms with Crippen LogP contribution in [-0.4, -0.2) is 85.1 Å². The highest BCUT2D eigenvalue weighted by Crippen LogP contribution is 2.44. The second-order valence-electron chi connectivity index (χ2n) is 17.3. The number of carbonyl (C=O) groups excluding carboxylic acids is 3. The molecule has 0 saturated carbocycles. The molecule has 62 heavy (non-hydrogen) atoms. The van der Waals surface area contributed by atoms with Gasteiger partial charge in [-0.2, -0.15) is 0 Å². The van der Waals surface area contributed by atoms with Crippen LogP contribution in [0.4, 0.5) is 9.59 Å². The van der Waals surface area contributed by atoms with Crippen molar-refractivity contribution < 1.29 is 33.8 Å². The third-order valence-corrected chi connectivity index (χ3v) is 12.5. The van der Waals surface area contributed by atoms with Crippen molar-refractivity contribution in [3.05, 3.63) is 102 Å². The molecule has 4 amide bonds. The van der Waals surface area contributed by atoms with Crippen LogP contribution in [0, 0.1) is 17.8 Å². The predicted molar refractivity (Wildman–Crippen MR) is 232 cm³/mol. The Kier molecular flexibility index (Phi) is 10.6. The Bertz CT molecular complexity index is 2710. The predicted octanol–water partition coefficient (Wildman–Crippen LogP) is 7.87. The molecule has 3 aliphatic heterocycles. The van der Waals surface area contributed by atoms with Gasteiger partial charge in [-0.05, 0) is 82.5 Å². The van der Waals surface area contributed by atoms with Gasteiger partial charge in [-0.25, -0.2) is 19.6 Å². The average molecular weight is 839 g/mol. The number of amides is 4. The molecule has 9 rings (SSSR count). The molecular weight excluding hydrogens is 789 g/mol. The van der Waals surface area contributed by atoms with E-state index >= 15 is 0 Å². The van der Waals surface area contributed by atoms with Crippen molar-refractivity contribution in [1.29, 1.82) is 0 Å². The highest BCUT2D eigenvalue weighted by atomic mass is 16.5. The van der Waals surface area contributed by atoms with E-state index in [1.54, 1.807) is 11.1 Å². The summed E-state index contributed by atoms with van der Waals surface area (Å²) in [6.07, 6.45) is 1.31. The molecule has 6 aromatic rings. The van der Waals surface area contributed by atoms with Gasteiger partial charge in [0.2, 0.25) is 5.91 Å². The van der Waals surface area contributed by atoms with Crippen LogP contribution in [0.2, 0.25) is 0 Å². The van der Waals surface area contributed by atoms with E-state index in [-0.39, 0.29) is 41.7 Å². The summed E-state index contributed by atoms with van der Waals surface area (Å²) in [5, 5.41) is 16.5. The molecule has 2 saturated heterocycles. The minimum Gasteiger partial charge on any atom is -0.488 e. The second-order valence-corrected chi connectivity index (χ2v) is 17.3. The number of hydrogen-bond donors (Lipinski definition) is 5. The average Bonchev–Trinajstić information content (AvgIpc) is 4.09. The Balaban J connectivity index is 0.977. The molecule has 0 radical (unpaired) electrons. The van der Waals surface area contributed by atoms with Gasteiger partial charge in [-0.15, -0.1) is 0 Å². The number of benzene rings is 4. The number of carboxylic acid groups (broad SMARTS) is 1. The van der Waals surface area contributed by atoms with Crippen LogP contribution in [0.25, 0.3) is 44.2 Å². The number of ether oxygens (including phenoxy) is 2. The normalized spacial score (nSPS) is 20.4. The maximum atomic E-state index is 14.2. The van der Waals surface area contributed by atoms with Crippen LogP contribution in [0.5, 0.6) is 5.75 Å². The van der Waals surface area contributed by atoms with Gasteiger partial charge >= 0.3 is 12.2 Å². The Hall–Kier alpha value is -6.90. The Morgan fingerprint density at radius 3 is 2.29 bits per heavy atom. The summed E-state index contributed by atoms with van der Waals surface area (Å²) in [5.74, 6) is 1.86. The number of H-pyrrole nitrogens is 2. The molecule has 320 valence electrons. The van der Waals surface area contributed by atoms with E-state index in [2.05, 4.69) is 64.8 Å². The summed E-state index contributed by atoms with van der Waals surface area (Å²) in [4.78, 5) is 72.2. The third-order valence-electron chi connectivity index (χ3n) is 12.5. The van der Waals surface area contributed by atoms with Crippen LogP contribution in [0.15, 0.2) is 79.0 Å². The number of methoxy groups -OCH3 is 1. The van der Waals surface area contributed by atoms with E-state index in [0.717, 1.165) is 55.5 Å². The zero-order chi connectivity index (χ0) is 43.4. The van der Waals surface area contributed by atoms with E-state index in [9.17, 15) is 24.3 Å². The molecule has 6 atom stereocenters. The fraction of sp³-hybridized carbons (Fsp3) is 0.362. The number of carbonyl (C=O) groups is 4. The van der Waals surface area contributed by atoms with Crippen molar-refractivity contribution in [1.82, 2.24) is 40.4 Å². The highest BCUT2D eigenvalue weighted by molar-refractivity contribution is 6.07. The fourth-order valence-electron chi connectivity index (χ4n) is 9.48. The molecule has 5 N–H and O–H groups in total. The van der Waals surface area contributed by atoms with Crippen molar-refractivity contribution in [3.8, 4) is 28.1 Å². The molecule has 0 spiro atoms. The summed E-state index contributed by atoms with van der Waals surface area (Å²) in [6, 6.07) is 21.3. The van der Waals surface area contributed by atoms with Crippen molar-refractivity contribution in [3.63, 3.8) is 0 Å². The quantitative estimate of drug-likeness (QED) is 0.0963. The Labute approximate surface area is 358 Å². The van der Waals surface area contributed by atoms with Crippen molar-refractivity contribution in [2.45, 2.75) is 71.3 Å². The summed E-state index contributed by atoms with van der Waals surface area (Å²) in [6.45, 7) is 9.27. The Morgan fingerprint density at radius 1 is 0.855 bits per heavy atom. The number of hydrogen-bond acceptors (Lipinski definition) is 8. The van der Waals surface area contributed by atoms with E-state index in [1.807, 2.05) is 61.2 Å². The molecule has 15 nitrogen and oxygen atoms in total. The number of fused-ring (bicyclic) bond motifs is 6. The number of aromatic nitrogens is 4. The second kappa shape index (κ2) is 16.2. The lowest BCUT2D eigenvalue weighted by molar-refractivity contribution is -0.136. The number of nitrogens with zero attached hydrogens (tertiary/aromatic N) is 4. The maximum absolute atomic E-state index is 14.2. The molecule has 15 heteroatoms. The highest BCUT2D eigenvalue weighted by Gasteiger charge is 2.41. The lowest BCUT2D eigenvalue weighted by Gasteiger charge is -2.29. The van der Waals surface area contributed by atoms with Crippen LogP contribution in [-0.2, 0) is 20.9 Å². The summed E-state index contributed by atoms with van der Waals surface area (Å²) >= 11 is 0. The number of imidazole rings is 2. The van der Waals surface area contributed by atoms with E-state index in [4.69, 9.17) is 19.4 Å². The minimum absolute atomic E-state index is 0.211. The summed E-state index contributed by atoms with van der Waals surface area (Å²) < 4.78 is 11.3. The van der Waals surface area contributed by atoms with Gasteiger partial charge in [0, 0.05) is 24.0 Å². The van der Waals surface area contributed by atoms with Crippen molar-refractivity contribution >= 4 is 45.8 Å². The molecule has 0 aliphatic carbocycles. The minimum atomic E-state index is -1.22. The molecule has 4 aromatic carbocycles. The van der Waals surface area contributed by atoms with Crippen LogP contribution in [0.1, 0.15) is 81.4 Å². The summed E-state index contributed by atoms with van der Waals surface area (Å²) in [7, 11) is 1.28. The molecule has 0 unspecified atom stereocenters. The number of alkyl carbamates (subject to hydrolysis) is 1. The van der Waals surface area contributed by atoms with Gasteiger partial charge in [0.1, 0.15) is 36.1 Å². The SMILES string of the molecule is COC(=O)N[C@@H](C(=O)N1C[C@@H](C)C[C@H]1c1nc2c(ccc3cc4c(cc32)OCc2cc(-c3cnc([C@@H]5C[C@H](C)CN5C(=O)[C@@H](NC(=O)O)C(C)C)[nH]3)ccc2-4)[nH]1)c1ccccc1. The van der Waals surface area contributed by atoms with Crippen LogP contribution in [0.3, 0.4) is 0 Å². The molecular formula is C47H50N8O7. The lowest BCUT2D eigenvalue weighted by atomic mass is 9.92. The fourth-order valence-corrected chi connectivity index (χ4v) is 9.48. The van der Waals surface area contributed by atoms with Crippen LogP contribution < -0.4 is 15.4 Å².